The van der Waals surface area contributed by atoms with Gasteiger partial charge in [0, 0.05) is 42.3 Å². The smallest absolute Gasteiger partial charge is 0.410 e. The number of amides is 2. The third kappa shape index (κ3) is 5.41. The predicted octanol–water partition coefficient (Wildman–Crippen LogP) is 4.13. The lowest BCUT2D eigenvalue weighted by molar-refractivity contribution is -0.0507. The monoisotopic (exact) mass is 647 g/mol. The molecule has 48 heavy (non-hydrogen) atoms. The van der Waals surface area contributed by atoms with Gasteiger partial charge in [-0.15, -0.1) is 0 Å². The average molecular weight is 647 g/mol. The minimum atomic E-state index is -3.12. The van der Waals surface area contributed by atoms with Crippen molar-refractivity contribution >= 4 is 46.6 Å². The first kappa shape index (κ1) is 32.2. The molecule has 2 amide bonds. The second-order valence-corrected chi connectivity index (χ2v) is 13.6. The van der Waals surface area contributed by atoms with Gasteiger partial charge in [0.25, 0.3) is 5.91 Å². The highest BCUT2D eigenvalue weighted by Crippen LogP contribution is 2.51. The van der Waals surface area contributed by atoms with E-state index >= 15 is 0 Å². The summed E-state index contributed by atoms with van der Waals surface area (Å²) in [6.45, 7) is 2.62. The first-order chi connectivity index (χ1) is 22.5. The molecule has 15 heteroatoms. The van der Waals surface area contributed by atoms with E-state index in [-0.39, 0.29) is 29.8 Å². The normalized spacial score (nSPS) is 22.2. The summed E-state index contributed by atoms with van der Waals surface area (Å²) in [5.41, 5.74) is 1.58. The highest BCUT2D eigenvalue weighted by molar-refractivity contribution is 6.60. The molecule has 0 aliphatic carbocycles. The van der Waals surface area contributed by atoms with Crippen LogP contribution < -0.4 is 4.74 Å². The van der Waals surface area contributed by atoms with Crippen LogP contribution >= 0.6 is 0 Å². The molecule has 3 aliphatic heterocycles. The number of alkyl halides is 2. The van der Waals surface area contributed by atoms with Gasteiger partial charge in [0.15, 0.2) is 0 Å². The van der Waals surface area contributed by atoms with Crippen LogP contribution in [-0.4, -0.2) is 95.5 Å². The number of aliphatic hydroxyl groups is 1. The number of rotatable bonds is 5. The lowest BCUT2D eigenvalue weighted by Gasteiger charge is -2.41. The molecular formula is C33H30B3F2N5O5. The Kier molecular flexibility index (Phi) is 7.43. The van der Waals surface area contributed by atoms with Crippen LogP contribution in [0.3, 0.4) is 0 Å². The molecule has 0 saturated carbocycles. The van der Waals surface area contributed by atoms with Crippen molar-refractivity contribution in [3.05, 3.63) is 77.4 Å². The fraction of sp³-hybridized carbons (Fsp3) is 0.394. The molecule has 1 N–H and O–H groups in total. The maximum atomic E-state index is 13.8. The van der Waals surface area contributed by atoms with Crippen LogP contribution in [0.4, 0.5) is 13.6 Å². The van der Waals surface area contributed by atoms with E-state index in [2.05, 4.69) is 4.98 Å². The Morgan fingerprint density at radius 1 is 1.08 bits per heavy atom. The quantitative estimate of drug-likeness (QED) is 0.325. The molecule has 1 saturated heterocycles. The van der Waals surface area contributed by atoms with Gasteiger partial charge < -0.3 is 28.9 Å². The van der Waals surface area contributed by atoms with Gasteiger partial charge in [-0.1, -0.05) is 23.4 Å². The maximum Gasteiger partial charge on any atom is 0.410 e. The number of aromatic nitrogens is 3. The topological polar surface area (TPSA) is 110 Å². The number of β-amino-alcohol motifs (C(OH)–C–C–N with tert-alkyl or cyclic N) is 1. The summed E-state index contributed by atoms with van der Waals surface area (Å²) < 4.78 is 39.3. The molecule has 3 atom stereocenters. The Morgan fingerprint density at radius 2 is 1.83 bits per heavy atom. The number of likely N-dealkylation sites (tertiary alicyclic amines) is 1. The van der Waals surface area contributed by atoms with Crippen LogP contribution in [0.5, 0.6) is 5.75 Å². The molecule has 1 fully saturated rings. The summed E-state index contributed by atoms with van der Waals surface area (Å²) >= 11 is 0. The summed E-state index contributed by atoms with van der Waals surface area (Å²) in [5, 5.41) is 9.31. The van der Waals surface area contributed by atoms with Crippen LogP contribution in [0.2, 0.25) is 0 Å². The fourth-order valence-corrected chi connectivity index (χ4v) is 7.06. The molecule has 2 aromatic heterocycles. The van der Waals surface area contributed by atoms with E-state index in [1.165, 1.54) is 23.1 Å². The number of ether oxygens (including phenoxy) is 2. The van der Waals surface area contributed by atoms with Gasteiger partial charge in [-0.25, -0.2) is 9.78 Å². The Labute approximate surface area is 279 Å². The molecule has 240 valence electrons. The minimum absolute atomic E-state index is 0.0542. The van der Waals surface area contributed by atoms with Crippen LogP contribution in [0.1, 0.15) is 73.1 Å². The SMILES string of the molecule is [B]C([B])([B])N1C(=O)c2cccc(OC(F)F)c2[C@H]2C[C@@H]1c1nc3ccc(-c4ccc(C5(O)CCN(C(=O)OC(C)(C)C)C5)nc4)cc3n12. The third-order valence-corrected chi connectivity index (χ3v) is 9.04. The molecular weight excluding hydrogens is 617 g/mol. The first-order valence-electron chi connectivity index (χ1n) is 15.5. The van der Waals surface area contributed by atoms with Gasteiger partial charge >= 0.3 is 12.7 Å². The number of fused-ring (bicyclic) bond motifs is 9. The largest absolute Gasteiger partial charge is 0.444 e. The number of carbonyl (C=O) groups is 2. The predicted molar refractivity (Wildman–Crippen MR) is 174 cm³/mol. The summed E-state index contributed by atoms with van der Waals surface area (Å²) in [4.78, 5) is 38.4. The van der Waals surface area contributed by atoms with Crippen molar-refractivity contribution in [1.82, 2.24) is 24.3 Å². The molecule has 1 unspecified atom stereocenters. The standard InChI is InChI=1S/C33H30B3F2N5O5/c1-31(2,3)48-30(45)41-12-11-32(46,16-41)25-10-8-18(15-39-25)17-7-9-20-21(13-17)42-22-14-23(27(42)40-20)43(33(34,35)36)28(44)19-5-4-6-24(26(19)22)47-29(37)38/h4-10,13,15,22-23,29,46H,11-12,14,16H2,1-3H3/t22-,23-,32?/m1/s1. The van der Waals surface area contributed by atoms with Crippen molar-refractivity contribution < 1.29 is 33.0 Å². The number of nitrogens with zero attached hydrogens (tertiary/aromatic N) is 5. The zero-order valence-electron chi connectivity index (χ0n) is 26.6. The van der Waals surface area contributed by atoms with E-state index in [4.69, 9.17) is 38.0 Å². The molecule has 4 aromatic rings. The zero-order valence-corrected chi connectivity index (χ0v) is 26.6. The van der Waals surface area contributed by atoms with E-state index in [0.29, 0.717) is 35.5 Å². The van der Waals surface area contributed by atoms with Crippen molar-refractivity contribution in [2.24, 2.45) is 0 Å². The van der Waals surface area contributed by atoms with Gasteiger partial charge in [0.2, 0.25) is 0 Å². The average Bonchev–Trinajstić information content (AvgIpc) is 3.66. The van der Waals surface area contributed by atoms with Crippen molar-refractivity contribution in [3.63, 3.8) is 0 Å². The van der Waals surface area contributed by atoms with Crippen LogP contribution in [0.15, 0.2) is 54.7 Å². The second kappa shape index (κ2) is 11.1. The molecule has 6 radical (unpaired) electrons. The Morgan fingerprint density at radius 3 is 2.50 bits per heavy atom. The van der Waals surface area contributed by atoms with E-state index in [9.17, 15) is 23.5 Å². The Hall–Kier alpha value is -4.39. The minimum Gasteiger partial charge on any atom is -0.444 e. The second-order valence-electron chi connectivity index (χ2n) is 13.6. The van der Waals surface area contributed by atoms with Gasteiger partial charge in [-0.05, 0) is 56.7 Å². The van der Waals surface area contributed by atoms with Crippen LogP contribution in [0.25, 0.3) is 22.2 Å². The van der Waals surface area contributed by atoms with E-state index in [1.807, 2.05) is 28.8 Å². The molecule has 3 aliphatic rings. The lowest BCUT2D eigenvalue weighted by Crippen LogP contribution is -2.54. The third-order valence-electron chi connectivity index (χ3n) is 9.04. The molecule has 5 heterocycles. The first-order valence-corrected chi connectivity index (χ1v) is 15.5. The summed E-state index contributed by atoms with van der Waals surface area (Å²) in [6, 6.07) is 12.1. The molecule has 0 spiro atoms. The Balaban J connectivity index is 1.26. The number of hydrogen-bond acceptors (Lipinski definition) is 7. The highest BCUT2D eigenvalue weighted by atomic mass is 19.3. The Bertz CT molecular complexity index is 1940. The number of benzene rings is 2. The van der Waals surface area contributed by atoms with Crippen molar-refractivity contribution in [3.8, 4) is 16.9 Å². The van der Waals surface area contributed by atoms with Gasteiger partial charge in [-0.3, -0.25) is 9.78 Å². The fourth-order valence-electron chi connectivity index (χ4n) is 7.06. The molecule has 2 bridgehead atoms. The summed E-state index contributed by atoms with van der Waals surface area (Å²) in [5.74, 6) is -0.304. The molecule has 10 nitrogen and oxygen atoms in total. The van der Waals surface area contributed by atoms with Crippen LogP contribution in [0, 0.1) is 0 Å². The molecule has 7 rings (SSSR count). The highest BCUT2D eigenvalue weighted by Gasteiger charge is 2.48. The van der Waals surface area contributed by atoms with Crippen molar-refractivity contribution in [2.75, 3.05) is 13.1 Å². The van der Waals surface area contributed by atoms with Gasteiger partial charge in [0.05, 0.1) is 58.9 Å². The summed E-state index contributed by atoms with van der Waals surface area (Å²) in [7, 11) is 18.4. The molecule has 2 aromatic carbocycles. The zero-order chi connectivity index (χ0) is 34.3. The number of carbonyl (C=O) groups excluding carboxylic acids is 2. The van der Waals surface area contributed by atoms with Crippen molar-refractivity contribution in [1.29, 1.82) is 0 Å². The number of halogens is 2. The summed E-state index contributed by atoms with van der Waals surface area (Å²) in [6.07, 6.45) is 1.69. The number of imidazole rings is 1. The number of hydrogen-bond donors (Lipinski definition) is 1. The van der Waals surface area contributed by atoms with E-state index in [0.717, 1.165) is 16.0 Å². The van der Waals surface area contributed by atoms with Gasteiger partial charge in [-0.2, -0.15) is 8.78 Å². The van der Waals surface area contributed by atoms with Crippen molar-refractivity contribution in [2.45, 2.75) is 68.7 Å². The number of pyridine rings is 1. The van der Waals surface area contributed by atoms with Gasteiger partial charge in [0.1, 0.15) is 22.8 Å². The van der Waals surface area contributed by atoms with E-state index < -0.39 is 47.1 Å². The lowest BCUT2D eigenvalue weighted by atomic mass is 9.48. The maximum absolute atomic E-state index is 13.8. The van der Waals surface area contributed by atoms with E-state index in [1.54, 1.807) is 33.0 Å². The van der Waals surface area contributed by atoms with Crippen LogP contribution in [-0.2, 0) is 10.3 Å².